The fourth-order valence-corrected chi connectivity index (χ4v) is 2.74. The lowest BCUT2D eigenvalue weighted by Crippen LogP contribution is -2.05. The van der Waals surface area contributed by atoms with Crippen molar-refractivity contribution in [2.75, 3.05) is 19.0 Å². The highest BCUT2D eigenvalue weighted by Gasteiger charge is 2.15. The first kappa shape index (κ1) is 19.8. The molecule has 0 aliphatic heterocycles. The summed E-state index contributed by atoms with van der Waals surface area (Å²) in [5.41, 5.74) is 2.23. The molecule has 0 saturated carbocycles. The zero-order valence-corrected chi connectivity index (χ0v) is 16.3. The molecule has 28 heavy (non-hydrogen) atoms. The van der Waals surface area contributed by atoms with Crippen molar-refractivity contribution in [1.29, 1.82) is 0 Å². The number of anilines is 1. The van der Waals surface area contributed by atoms with Gasteiger partial charge < -0.3 is 14.8 Å². The maximum atomic E-state index is 14.0. The van der Waals surface area contributed by atoms with E-state index in [4.69, 9.17) is 9.47 Å². The van der Waals surface area contributed by atoms with Crippen molar-refractivity contribution in [1.82, 2.24) is 14.5 Å². The molecule has 3 rings (SSSR count). The lowest BCUT2D eigenvalue weighted by Gasteiger charge is -2.11. The monoisotopic (exact) mass is 386 g/mol. The molecule has 7 nitrogen and oxygen atoms in total. The molecule has 2 aromatic heterocycles. The van der Waals surface area contributed by atoms with E-state index in [2.05, 4.69) is 15.3 Å². The normalized spacial score (nSPS) is 11.2. The van der Waals surface area contributed by atoms with E-state index in [1.165, 1.54) is 30.0 Å². The zero-order chi connectivity index (χ0) is 20.3. The van der Waals surface area contributed by atoms with Crippen LogP contribution in [0.3, 0.4) is 0 Å². The van der Waals surface area contributed by atoms with Crippen LogP contribution in [0.4, 0.5) is 10.1 Å². The van der Waals surface area contributed by atoms with Gasteiger partial charge in [-0.3, -0.25) is 9.36 Å². The van der Waals surface area contributed by atoms with E-state index < -0.39 is 5.82 Å². The van der Waals surface area contributed by atoms with Gasteiger partial charge in [0.05, 0.1) is 12.3 Å². The van der Waals surface area contributed by atoms with Crippen LogP contribution in [0.25, 0.3) is 11.2 Å². The van der Waals surface area contributed by atoms with Gasteiger partial charge in [0.15, 0.2) is 5.65 Å². The summed E-state index contributed by atoms with van der Waals surface area (Å²) < 4.78 is 26.7. The van der Waals surface area contributed by atoms with Crippen LogP contribution in [0, 0.1) is 11.7 Å². The highest BCUT2D eigenvalue weighted by Crippen LogP contribution is 2.29. The number of imidazole rings is 1. The maximum Gasteiger partial charge on any atom is 0.230 e. The summed E-state index contributed by atoms with van der Waals surface area (Å²) in [6, 6.07) is 6.04. The highest BCUT2D eigenvalue weighted by atomic mass is 19.1. The number of ether oxygens (including phenoxy) is 2. The van der Waals surface area contributed by atoms with Crippen molar-refractivity contribution in [3.8, 4) is 11.6 Å². The van der Waals surface area contributed by atoms with Crippen LogP contribution in [0.2, 0.25) is 0 Å². The second kappa shape index (κ2) is 8.35. The van der Waals surface area contributed by atoms with E-state index in [-0.39, 0.29) is 18.4 Å². The Balaban J connectivity index is 1.90. The van der Waals surface area contributed by atoms with Gasteiger partial charge >= 0.3 is 0 Å². The second-order valence-electron chi connectivity index (χ2n) is 6.87. The molecule has 0 bridgehead atoms. The predicted molar refractivity (Wildman–Crippen MR) is 104 cm³/mol. The number of rotatable bonds is 7. The fraction of sp³-hybridized carbons (Fsp3) is 0.350. The average Bonchev–Trinajstić information content (AvgIpc) is 3.04. The van der Waals surface area contributed by atoms with E-state index in [0.29, 0.717) is 40.7 Å². The van der Waals surface area contributed by atoms with Gasteiger partial charge in [0.2, 0.25) is 11.8 Å². The average molecular weight is 386 g/mol. The van der Waals surface area contributed by atoms with Crippen molar-refractivity contribution >= 4 is 22.8 Å². The number of pyridine rings is 1. The molecule has 2 heterocycles. The number of fused-ring (bicyclic) bond motifs is 1. The van der Waals surface area contributed by atoms with Gasteiger partial charge in [-0.15, -0.1) is 0 Å². The molecule has 3 aromatic rings. The highest BCUT2D eigenvalue weighted by molar-refractivity contribution is 5.93. The molecule has 8 heteroatoms. The summed E-state index contributed by atoms with van der Waals surface area (Å²) in [5, 5.41) is 3.01. The van der Waals surface area contributed by atoms with E-state index in [0.717, 1.165) is 0 Å². The third-order valence-electron chi connectivity index (χ3n) is 3.96. The predicted octanol–water partition coefficient (Wildman–Crippen LogP) is 4.24. The molecule has 1 aromatic carbocycles. The van der Waals surface area contributed by atoms with E-state index in [1.54, 1.807) is 19.2 Å². The molecule has 0 fully saturated rings. The van der Waals surface area contributed by atoms with Gasteiger partial charge in [0.1, 0.15) is 23.4 Å². The van der Waals surface area contributed by atoms with Crippen molar-refractivity contribution in [3.05, 3.63) is 42.0 Å². The Kier molecular flexibility index (Phi) is 5.89. The Morgan fingerprint density at radius 1 is 1.29 bits per heavy atom. The summed E-state index contributed by atoms with van der Waals surface area (Å²) in [6.07, 6.45) is 1.41. The molecule has 148 valence electrons. The summed E-state index contributed by atoms with van der Waals surface area (Å²) in [6.45, 7) is 6.40. The minimum Gasteiger partial charge on any atom is -0.439 e. The number of benzene rings is 1. The van der Waals surface area contributed by atoms with Gasteiger partial charge in [-0.2, -0.15) is 4.98 Å². The van der Waals surface area contributed by atoms with E-state index in [1.807, 2.05) is 13.8 Å². The number of hydrogen-bond donors (Lipinski definition) is 1. The molecule has 0 spiro atoms. The van der Waals surface area contributed by atoms with Crippen molar-refractivity contribution in [3.63, 3.8) is 0 Å². The number of carbonyl (C=O) groups is 1. The first-order valence-corrected chi connectivity index (χ1v) is 8.99. The molecule has 1 N–H and O–H groups in total. The summed E-state index contributed by atoms with van der Waals surface area (Å²) in [7, 11) is 1.73. The third-order valence-corrected chi connectivity index (χ3v) is 3.96. The molecule has 0 aliphatic carbocycles. The van der Waals surface area contributed by atoms with E-state index in [9.17, 15) is 9.18 Å². The standard InChI is InChI=1S/C20H23FN4O3/c1-12(2)9-27-10-14-5-15(21)7-16(6-14)28-18-8-17(22-4)19-20(24-18)25(11-23-19)13(3)26/h5-8,11-12H,9-10H2,1-4H3,(H,22,24). The minimum absolute atomic E-state index is 0.218. The molecule has 0 amide bonds. The number of aromatic nitrogens is 3. The minimum atomic E-state index is -0.427. The Hall–Kier alpha value is -3.00. The molecule has 0 saturated heterocycles. The number of hydrogen-bond acceptors (Lipinski definition) is 6. The summed E-state index contributed by atoms with van der Waals surface area (Å²) >= 11 is 0. The van der Waals surface area contributed by atoms with Crippen LogP contribution in [-0.4, -0.2) is 34.1 Å². The van der Waals surface area contributed by atoms with Crippen LogP contribution in [0.1, 0.15) is 31.1 Å². The van der Waals surface area contributed by atoms with Crippen LogP contribution >= 0.6 is 0 Å². The third kappa shape index (κ3) is 4.45. The summed E-state index contributed by atoms with van der Waals surface area (Å²) in [4.78, 5) is 20.4. The number of carbonyl (C=O) groups excluding carboxylic acids is 1. The van der Waals surface area contributed by atoms with Gasteiger partial charge in [0.25, 0.3) is 0 Å². The van der Waals surface area contributed by atoms with Gasteiger partial charge in [-0.1, -0.05) is 13.8 Å². The van der Waals surface area contributed by atoms with Gasteiger partial charge in [0, 0.05) is 32.7 Å². The number of halogens is 1. The Morgan fingerprint density at radius 2 is 2.07 bits per heavy atom. The van der Waals surface area contributed by atoms with E-state index >= 15 is 0 Å². The molecule has 0 unspecified atom stereocenters. The molecule has 0 radical (unpaired) electrons. The number of nitrogens with one attached hydrogen (secondary N) is 1. The largest absolute Gasteiger partial charge is 0.439 e. The van der Waals surface area contributed by atoms with Crippen molar-refractivity contribution in [2.24, 2.45) is 5.92 Å². The lowest BCUT2D eigenvalue weighted by atomic mass is 10.2. The van der Waals surface area contributed by atoms with Crippen LogP contribution < -0.4 is 10.1 Å². The quantitative estimate of drug-likeness (QED) is 0.654. The van der Waals surface area contributed by atoms with Crippen LogP contribution in [0.15, 0.2) is 30.6 Å². The Morgan fingerprint density at radius 3 is 2.75 bits per heavy atom. The Labute approximate surface area is 162 Å². The first-order chi connectivity index (χ1) is 13.4. The molecule has 0 atom stereocenters. The second-order valence-corrected chi connectivity index (χ2v) is 6.87. The smallest absolute Gasteiger partial charge is 0.230 e. The lowest BCUT2D eigenvalue weighted by molar-refractivity contribution is 0.0940. The van der Waals surface area contributed by atoms with Crippen molar-refractivity contribution < 1.29 is 18.7 Å². The Bertz CT molecular complexity index is 1000. The topological polar surface area (TPSA) is 78.3 Å². The number of nitrogens with zero attached hydrogens (tertiary/aromatic N) is 3. The molecule has 0 aliphatic rings. The van der Waals surface area contributed by atoms with Gasteiger partial charge in [-0.25, -0.2) is 9.37 Å². The maximum absolute atomic E-state index is 14.0. The SMILES string of the molecule is CNc1cc(Oc2cc(F)cc(COCC(C)C)c2)nc2c1ncn2C(C)=O. The fourth-order valence-electron chi connectivity index (χ4n) is 2.74. The van der Waals surface area contributed by atoms with Crippen LogP contribution in [-0.2, 0) is 11.3 Å². The van der Waals surface area contributed by atoms with Crippen LogP contribution in [0.5, 0.6) is 11.6 Å². The van der Waals surface area contributed by atoms with Crippen molar-refractivity contribution in [2.45, 2.75) is 27.4 Å². The summed E-state index contributed by atoms with van der Waals surface area (Å²) in [5.74, 6) is 0.269. The van der Waals surface area contributed by atoms with Gasteiger partial charge in [-0.05, 0) is 23.6 Å². The molecular formula is C20H23FN4O3. The molecular weight excluding hydrogens is 363 g/mol. The zero-order valence-electron chi connectivity index (χ0n) is 16.3. The first-order valence-electron chi connectivity index (χ1n) is 8.99.